The number of aromatic nitrogens is 3. The van der Waals surface area contributed by atoms with Crippen LogP contribution in [0.4, 0.5) is 10.2 Å². The van der Waals surface area contributed by atoms with Gasteiger partial charge in [-0.3, -0.25) is 14.9 Å². The van der Waals surface area contributed by atoms with E-state index in [1.54, 1.807) is 24.5 Å². The number of carbonyl (C=O) groups is 1. The number of nitrogens with one attached hydrogen (secondary N) is 2. The second-order valence-corrected chi connectivity index (χ2v) is 5.81. The van der Waals surface area contributed by atoms with Crippen molar-refractivity contribution in [2.45, 2.75) is 26.4 Å². The standard InChI is InChI=1S/C19H19FN4O/c1-13-18(16-8-10-21-11-9-16)23-24-19(13)22-17(25)7-6-14-2-4-15(12-20)5-3-14/h2-5,8-11H,6-7,12H2,1H3,(H2,22,23,24,25). The van der Waals surface area contributed by atoms with E-state index >= 15 is 0 Å². The van der Waals surface area contributed by atoms with E-state index in [2.05, 4.69) is 20.5 Å². The normalized spacial score (nSPS) is 10.6. The Bertz CT molecular complexity index is 844. The van der Waals surface area contributed by atoms with E-state index in [4.69, 9.17) is 0 Å². The maximum absolute atomic E-state index is 12.5. The zero-order valence-corrected chi connectivity index (χ0v) is 13.9. The van der Waals surface area contributed by atoms with Crippen LogP contribution in [0.25, 0.3) is 11.3 Å². The molecular weight excluding hydrogens is 319 g/mol. The average Bonchev–Trinajstić information content (AvgIpc) is 3.01. The van der Waals surface area contributed by atoms with E-state index in [9.17, 15) is 9.18 Å². The number of nitrogens with zero attached hydrogens (tertiary/aromatic N) is 2. The van der Waals surface area contributed by atoms with E-state index in [-0.39, 0.29) is 5.91 Å². The van der Waals surface area contributed by atoms with Gasteiger partial charge in [0.15, 0.2) is 0 Å². The summed E-state index contributed by atoms with van der Waals surface area (Å²) in [5.41, 5.74) is 4.26. The summed E-state index contributed by atoms with van der Waals surface area (Å²) in [6.07, 6.45) is 4.35. The Morgan fingerprint density at radius 3 is 2.48 bits per heavy atom. The molecule has 2 heterocycles. The van der Waals surface area contributed by atoms with Gasteiger partial charge < -0.3 is 5.32 Å². The number of benzene rings is 1. The number of pyridine rings is 1. The fourth-order valence-electron chi connectivity index (χ4n) is 2.57. The maximum Gasteiger partial charge on any atom is 0.225 e. The van der Waals surface area contributed by atoms with E-state index in [1.807, 2.05) is 31.2 Å². The van der Waals surface area contributed by atoms with Crippen molar-refractivity contribution in [3.8, 4) is 11.3 Å². The average molecular weight is 338 g/mol. The molecule has 5 nitrogen and oxygen atoms in total. The van der Waals surface area contributed by atoms with Gasteiger partial charge in [0.25, 0.3) is 0 Å². The van der Waals surface area contributed by atoms with Gasteiger partial charge in [-0.1, -0.05) is 24.3 Å². The Hall–Kier alpha value is -3.02. The minimum Gasteiger partial charge on any atom is -0.311 e. The van der Waals surface area contributed by atoms with Gasteiger partial charge in [-0.15, -0.1) is 0 Å². The van der Waals surface area contributed by atoms with Crippen LogP contribution in [-0.4, -0.2) is 21.1 Å². The lowest BCUT2D eigenvalue weighted by Crippen LogP contribution is -2.13. The summed E-state index contributed by atoms with van der Waals surface area (Å²) >= 11 is 0. The molecule has 128 valence electrons. The number of halogens is 1. The number of aryl methyl sites for hydroxylation is 1. The zero-order valence-electron chi connectivity index (χ0n) is 13.9. The van der Waals surface area contributed by atoms with Crippen molar-refractivity contribution in [1.29, 1.82) is 0 Å². The number of rotatable bonds is 6. The third-order valence-corrected chi connectivity index (χ3v) is 4.05. The predicted molar refractivity (Wildman–Crippen MR) is 94.8 cm³/mol. The molecule has 0 fully saturated rings. The summed E-state index contributed by atoms with van der Waals surface area (Å²) in [4.78, 5) is 16.2. The van der Waals surface area contributed by atoms with E-state index in [0.717, 1.165) is 22.4 Å². The summed E-state index contributed by atoms with van der Waals surface area (Å²) in [6.45, 7) is 1.43. The number of alkyl halides is 1. The Kier molecular flexibility index (Phi) is 5.18. The molecule has 0 radical (unpaired) electrons. The molecule has 0 spiro atoms. The summed E-state index contributed by atoms with van der Waals surface area (Å²) in [7, 11) is 0. The molecule has 2 N–H and O–H groups in total. The molecule has 0 atom stereocenters. The van der Waals surface area contributed by atoms with Crippen molar-refractivity contribution in [2.75, 3.05) is 5.32 Å². The van der Waals surface area contributed by atoms with Crippen LogP contribution >= 0.6 is 0 Å². The van der Waals surface area contributed by atoms with Gasteiger partial charge in [-0.05, 0) is 36.6 Å². The lowest BCUT2D eigenvalue weighted by Gasteiger charge is -2.05. The minimum atomic E-state index is -0.473. The highest BCUT2D eigenvalue weighted by molar-refractivity contribution is 5.91. The van der Waals surface area contributed by atoms with Gasteiger partial charge in [0.1, 0.15) is 12.5 Å². The van der Waals surface area contributed by atoms with Gasteiger partial charge in [0.2, 0.25) is 5.91 Å². The third-order valence-electron chi connectivity index (χ3n) is 4.05. The monoisotopic (exact) mass is 338 g/mol. The molecule has 1 amide bonds. The molecule has 0 bridgehead atoms. The number of anilines is 1. The minimum absolute atomic E-state index is 0.0948. The molecule has 0 aliphatic heterocycles. The first-order chi connectivity index (χ1) is 12.2. The molecule has 25 heavy (non-hydrogen) atoms. The highest BCUT2D eigenvalue weighted by Gasteiger charge is 2.13. The first-order valence-corrected chi connectivity index (χ1v) is 8.06. The molecular formula is C19H19FN4O. The molecule has 0 aliphatic rings. The third kappa shape index (κ3) is 4.09. The van der Waals surface area contributed by atoms with Crippen molar-refractivity contribution in [3.63, 3.8) is 0 Å². The lowest BCUT2D eigenvalue weighted by molar-refractivity contribution is -0.116. The number of hydrogen-bond acceptors (Lipinski definition) is 3. The van der Waals surface area contributed by atoms with Crippen LogP contribution in [0.5, 0.6) is 0 Å². The second-order valence-electron chi connectivity index (χ2n) is 5.81. The molecule has 0 unspecified atom stereocenters. The molecule has 0 aliphatic carbocycles. The van der Waals surface area contributed by atoms with Crippen molar-refractivity contribution in [3.05, 3.63) is 65.5 Å². The number of hydrogen-bond donors (Lipinski definition) is 2. The van der Waals surface area contributed by atoms with Crippen molar-refractivity contribution < 1.29 is 9.18 Å². The molecule has 0 saturated carbocycles. The molecule has 6 heteroatoms. The Morgan fingerprint density at radius 1 is 1.12 bits per heavy atom. The van der Waals surface area contributed by atoms with Crippen LogP contribution in [0.3, 0.4) is 0 Å². The van der Waals surface area contributed by atoms with E-state index < -0.39 is 6.67 Å². The molecule has 1 aromatic carbocycles. The fraction of sp³-hybridized carbons (Fsp3) is 0.211. The van der Waals surface area contributed by atoms with Gasteiger partial charge in [-0.2, -0.15) is 5.10 Å². The Morgan fingerprint density at radius 2 is 1.80 bits per heavy atom. The quantitative estimate of drug-likeness (QED) is 0.718. The number of H-pyrrole nitrogens is 1. The van der Waals surface area contributed by atoms with Crippen LogP contribution in [0.2, 0.25) is 0 Å². The van der Waals surface area contributed by atoms with Gasteiger partial charge in [0.05, 0.1) is 5.69 Å². The topological polar surface area (TPSA) is 70.7 Å². The maximum atomic E-state index is 12.5. The Balaban J connectivity index is 1.60. The smallest absolute Gasteiger partial charge is 0.225 e. The van der Waals surface area contributed by atoms with Gasteiger partial charge in [-0.25, -0.2) is 4.39 Å². The largest absolute Gasteiger partial charge is 0.311 e. The first kappa shape index (κ1) is 16.8. The highest BCUT2D eigenvalue weighted by atomic mass is 19.1. The van der Waals surface area contributed by atoms with Crippen LogP contribution < -0.4 is 5.32 Å². The van der Waals surface area contributed by atoms with Crippen molar-refractivity contribution in [1.82, 2.24) is 15.2 Å². The van der Waals surface area contributed by atoms with Crippen LogP contribution in [0.1, 0.15) is 23.1 Å². The molecule has 0 saturated heterocycles. The summed E-state index contributed by atoms with van der Waals surface area (Å²) in [5.74, 6) is 0.507. The van der Waals surface area contributed by atoms with E-state index in [1.165, 1.54) is 0 Å². The molecule has 2 aromatic heterocycles. The molecule has 3 rings (SSSR count). The fourth-order valence-corrected chi connectivity index (χ4v) is 2.57. The van der Waals surface area contributed by atoms with Gasteiger partial charge in [0, 0.05) is 29.9 Å². The number of amides is 1. The zero-order chi connectivity index (χ0) is 17.6. The summed E-state index contributed by atoms with van der Waals surface area (Å²) in [5, 5.41) is 10.0. The Labute approximate surface area is 145 Å². The second kappa shape index (κ2) is 7.70. The van der Waals surface area contributed by atoms with Crippen LogP contribution in [0, 0.1) is 6.92 Å². The van der Waals surface area contributed by atoms with Crippen LogP contribution in [-0.2, 0) is 17.9 Å². The van der Waals surface area contributed by atoms with Crippen molar-refractivity contribution in [2.24, 2.45) is 0 Å². The summed E-state index contributed by atoms with van der Waals surface area (Å²) < 4.78 is 12.5. The van der Waals surface area contributed by atoms with Gasteiger partial charge >= 0.3 is 0 Å². The number of aromatic amines is 1. The lowest BCUT2D eigenvalue weighted by atomic mass is 10.1. The predicted octanol–water partition coefficient (Wildman–Crippen LogP) is 3.82. The SMILES string of the molecule is Cc1c(-c2ccncc2)n[nH]c1NC(=O)CCc1ccc(CF)cc1. The van der Waals surface area contributed by atoms with Crippen molar-refractivity contribution >= 4 is 11.7 Å². The highest BCUT2D eigenvalue weighted by Crippen LogP contribution is 2.25. The van der Waals surface area contributed by atoms with E-state index in [0.29, 0.717) is 24.2 Å². The van der Waals surface area contributed by atoms with Crippen LogP contribution in [0.15, 0.2) is 48.8 Å². The molecule has 3 aromatic rings. The number of carbonyl (C=O) groups excluding carboxylic acids is 1. The summed E-state index contributed by atoms with van der Waals surface area (Å²) in [6, 6.07) is 10.9. The first-order valence-electron chi connectivity index (χ1n) is 8.06.